The molecular formula is C36H60O7. The number of aliphatic hydroxyl groups is 4. The normalized spacial score (nSPS) is 46.9. The molecule has 7 heteroatoms. The highest BCUT2D eigenvalue weighted by molar-refractivity contribution is 5.88. The number of ketones is 1. The van der Waals surface area contributed by atoms with Crippen LogP contribution in [0.25, 0.3) is 0 Å². The molecule has 0 amide bonds. The van der Waals surface area contributed by atoms with Gasteiger partial charge in [0.05, 0.1) is 30.5 Å². The predicted octanol–water partition coefficient (Wildman–Crippen LogP) is 5.56. The van der Waals surface area contributed by atoms with Crippen molar-refractivity contribution in [3.05, 3.63) is 11.6 Å². The molecule has 1 heterocycles. The molecule has 0 bridgehead atoms. The molecule has 12 atom stereocenters. The number of aliphatic hydroxyl groups excluding tert-OH is 3. The quantitative estimate of drug-likeness (QED) is 0.268. The van der Waals surface area contributed by atoms with Crippen molar-refractivity contribution in [1.29, 1.82) is 0 Å². The van der Waals surface area contributed by atoms with Crippen LogP contribution in [0, 0.1) is 45.3 Å². The molecule has 246 valence electrons. The average molecular weight is 605 g/mol. The SMILES string of the molecule is C[C@H](CCCC(C)(C)O)C1CC[C@@]2(C)C3CC=C4C(CC[C@H](O[C@@H]5OC(CO)C[C@H](O)[C@H]5O)C4(C)C)[C@]3(C)C(=O)C[C@]12C. The van der Waals surface area contributed by atoms with Gasteiger partial charge in [-0.2, -0.15) is 0 Å². The Hall–Kier alpha value is -0.830. The summed E-state index contributed by atoms with van der Waals surface area (Å²) < 4.78 is 12.3. The summed E-state index contributed by atoms with van der Waals surface area (Å²) in [4.78, 5) is 14.6. The van der Waals surface area contributed by atoms with E-state index in [1.165, 1.54) is 12.0 Å². The number of fused-ring (bicyclic) bond motifs is 5. The lowest BCUT2D eigenvalue weighted by Gasteiger charge is -2.65. The molecule has 4 unspecified atom stereocenters. The van der Waals surface area contributed by atoms with Gasteiger partial charge in [-0.3, -0.25) is 4.79 Å². The topological polar surface area (TPSA) is 116 Å². The van der Waals surface area contributed by atoms with Gasteiger partial charge in [-0.1, -0.05) is 66.0 Å². The van der Waals surface area contributed by atoms with Crippen LogP contribution in [-0.4, -0.2) is 69.1 Å². The van der Waals surface area contributed by atoms with Crippen LogP contribution in [0.15, 0.2) is 11.6 Å². The number of allylic oxidation sites excluding steroid dienone is 1. The molecule has 3 saturated carbocycles. The highest BCUT2D eigenvalue weighted by atomic mass is 16.7. The third kappa shape index (κ3) is 5.40. The zero-order chi connectivity index (χ0) is 31.8. The first-order valence-corrected chi connectivity index (χ1v) is 17.1. The Balaban J connectivity index is 1.37. The predicted molar refractivity (Wildman–Crippen MR) is 166 cm³/mol. The molecule has 1 saturated heterocycles. The molecule has 4 N–H and O–H groups in total. The Kier molecular flexibility index (Phi) is 8.93. The lowest BCUT2D eigenvalue weighted by molar-refractivity contribution is -0.295. The van der Waals surface area contributed by atoms with Gasteiger partial charge in [0.15, 0.2) is 6.29 Å². The summed E-state index contributed by atoms with van der Waals surface area (Å²) in [5, 5.41) is 40.9. The van der Waals surface area contributed by atoms with Gasteiger partial charge in [-0.15, -0.1) is 0 Å². The maximum Gasteiger partial charge on any atom is 0.186 e. The lowest BCUT2D eigenvalue weighted by atomic mass is 9.38. The fourth-order valence-electron chi connectivity index (χ4n) is 11.0. The van der Waals surface area contributed by atoms with Gasteiger partial charge in [0.2, 0.25) is 0 Å². The van der Waals surface area contributed by atoms with Crippen LogP contribution in [-0.2, 0) is 14.3 Å². The maximum absolute atomic E-state index is 14.6. The second-order valence-electron chi connectivity index (χ2n) is 17.1. The number of rotatable bonds is 8. The van der Waals surface area contributed by atoms with E-state index in [1.54, 1.807) is 0 Å². The van der Waals surface area contributed by atoms with Crippen LogP contribution in [0.1, 0.15) is 120 Å². The first-order chi connectivity index (χ1) is 19.9. The Morgan fingerprint density at radius 1 is 1.09 bits per heavy atom. The molecule has 0 radical (unpaired) electrons. The summed E-state index contributed by atoms with van der Waals surface area (Å²) >= 11 is 0. The Morgan fingerprint density at radius 2 is 1.79 bits per heavy atom. The Bertz CT molecular complexity index is 1080. The van der Waals surface area contributed by atoms with Crippen molar-refractivity contribution in [2.75, 3.05) is 6.61 Å². The largest absolute Gasteiger partial charge is 0.394 e. The number of carbonyl (C=O) groups is 1. The van der Waals surface area contributed by atoms with E-state index in [0.29, 0.717) is 30.0 Å². The van der Waals surface area contributed by atoms with Crippen molar-refractivity contribution in [2.24, 2.45) is 45.3 Å². The summed E-state index contributed by atoms with van der Waals surface area (Å²) in [5.74, 6) is 1.92. The van der Waals surface area contributed by atoms with Crippen LogP contribution < -0.4 is 0 Å². The van der Waals surface area contributed by atoms with E-state index in [2.05, 4.69) is 47.6 Å². The second kappa shape index (κ2) is 11.5. The van der Waals surface area contributed by atoms with E-state index in [4.69, 9.17) is 9.47 Å². The third-order valence-corrected chi connectivity index (χ3v) is 13.8. The zero-order valence-electron chi connectivity index (χ0n) is 28.1. The molecule has 7 nitrogen and oxygen atoms in total. The average Bonchev–Trinajstić information content (AvgIpc) is 3.18. The first-order valence-electron chi connectivity index (χ1n) is 17.1. The molecule has 0 spiro atoms. The summed E-state index contributed by atoms with van der Waals surface area (Å²) in [6, 6.07) is 0. The highest BCUT2D eigenvalue weighted by Gasteiger charge is 2.70. The first kappa shape index (κ1) is 33.5. The number of hydrogen-bond donors (Lipinski definition) is 4. The Labute approximate surface area is 259 Å². The van der Waals surface area contributed by atoms with E-state index in [9.17, 15) is 25.2 Å². The van der Waals surface area contributed by atoms with Crippen molar-refractivity contribution in [3.63, 3.8) is 0 Å². The molecule has 1 aliphatic heterocycles. The van der Waals surface area contributed by atoms with Gasteiger partial charge in [-0.05, 0) is 86.9 Å². The fraction of sp³-hybridized carbons (Fsp3) is 0.917. The number of hydrogen-bond acceptors (Lipinski definition) is 7. The smallest absolute Gasteiger partial charge is 0.186 e. The van der Waals surface area contributed by atoms with Crippen LogP contribution >= 0.6 is 0 Å². The van der Waals surface area contributed by atoms with Gasteiger partial charge in [0, 0.05) is 23.7 Å². The zero-order valence-corrected chi connectivity index (χ0v) is 28.1. The maximum atomic E-state index is 14.6. The van der Waals surface area contributed by atoms with E-state index >= 15 is 0 Å². The minimum atomic E-state index is -1.16. The van der Waals surface area contributed by atoms with E-state index in [1.807, 2.05) is 13.8 Å². The Morgan fingerprint density at radius 3 is 2.44 bits per heavy atom. The molecule has 0 aromatic heterocycles. The summed E-state index contributed by atoms with van der Waals surface area (Å²) in [6.45, 7) is 17.5. The molecule has 0 aromatic carbocycles. The van der Waals surface area contributed by atoms with Crippen molar-refractivity contribution < 1.29 is 34.7 Å². The van der Waals surface area contributed by atoms with Gasteiger partial charge < -0.3 is 29.9 Å². The molecule has 5 rings (SSSR count). The lowest BCUT2D eigenvalue weighted by Crippen LogP contribution is -2.63. The van der Waals surface area contributed by atoms with Crippen molar-refractivity contribution in [3.8, 4) is 0 Å². The van der Waals surface area contributed by atoms with Crippen LogP contribution in [0.4, 0.5) is 0 Å². The molecular weight excluding hydrogens is 544 g/mol. The summed E-state index contributed by atoms with van der Waals surface area (Å²) in [6.07, 6.45) is 7.01. The molecule has 0 aromatic rings. The van der Waals surface area contributed by atoms with Gasteiger partial charge in [0.25, 0.3) is 0 Å². The number of ether oxygens (including phenoxy) is 2. The molecule has 4 fully saturated rings. The number of carbonyl (C=O) groups excluding carboxylic acids is 1. The minimum Gasteiger partial charge on any atom is -0.394 e. The van der Waals surface area contributed by atoms with Crippen LogP contribution in [0.5, 0.6) is 0 Å². The van der Waals surface area contributed by atoms with Gasteiger partial charge >= 0.3 is 0 Å². The third-order valence-electron chi connectivity index (χ3n) is 13.8. The summed E-state index contributed by atoms with van der Waals surface area (Å²) in [7, 11) is 0. The molecule has 43 heavy (non-hydrogen) atoms. The monoisotopic (exact) mass is 604 g/mol. The van der Waals surface area contributed by atoms with E-state index in [0.717, 1.165) is 44.9 Å². The van der Waals surface area contributed by atoms with Gasteiger partial charge in [-0.25, -0.2) is 0 Å². The van der Waals surface area contributed by atoms with Crippen molar-refractivity contribution in [2.45, 2.75) is 156 Å². The van der Waals surface area contributed by atoms with Crippen molar-refractivity contribution >= 4 is 5.78 Å². The van der Waals surface area contributed by atoms with Crippen LogP contribution in [0.3, 0.4) is 0 Å². The second-order valence-corrected chi connectivity index (χ2v) is 17.1. The van der Waals surface area contributed by atoms with E-state index in [-0.39, 0.29) is 41.3 Å². The highest BCUT2D eigenvalue weighted by Crippen LogP contribution is 2.74. The minimum absolute atomic E-state index is 0.0257. The van der Waals surface area contributed by atoms with Crippen LogP contribution in [0.2, 0.25) is 0 Å². The molecule has 4 aliphatic carbocycles. The van der Waals surface area contributed by atoms with Crippen molar-refractivity contribution in [1.82, 2.24) is 0 Å². The molecule has 5 aliphatic rings. The standard InChI is InChI=1S/C36H60O7/c1-21(10-9-16-32(2,3)41)23-15-17-34(6)27-13-11-24-25(36(27,8)28(39)19-35(23,34)7)12-14-29(33(24,4)5)43-31-30(40)26(38)18-22(20-37)42-31/h11,21-23,25-27,29-31,37-38,40-41H,9-10,12-20H2,1-8H3/t21-,22?,23?,25?,26+,27?,29+,30-,31+,34+,35-,36+/m1/s1. The summed E-state index contributed by atoms with van der Waals surface area (Å²) in [5.41, 5.74) is -0.0679. The number of Topliss-reactive ketones (excluding diaryl/α,β-unsaturated/α-hetero) is 1. The van der Waals surface area contributed by atoms with Gasteiger partial charge in [0.1, 0.15) is 11.9 Å². The van der Waals surface area contributed by atoms with E-state index < -0.39 is 35.6 Å². The fourth-order valence-corrected chi connectivity index (χ4v) is 11.0.